The Balaban J connectivity index is 0.000000254. The van der Waals surface area contributed by atoms with E-state index in [-0.39, 0.29) is 60.4 Å². The summed E-state index contributed by atoms with van der Waals surface area (Å²) < 4.78 is 56.7. The van der Waals surface area contributed by atoms with Crippen LogP contribution in [0.5, 0.6) is 51.7 Å². The highest BCUT2D eigenvalue weighted by Crippen LogP contribution is 2.34. The van der Waals surface area contributed by atoms with Gasteiger partial charge in [0, 0.05) is 43.6 Å². The molecular formula is C63H56O20. The summed E-state index contributed by atoms with van der Waals surface area (Å²) in [6, 6.07) is 38.8. The van der Waals surface area contributed by atoms with Crippen LogP contribution in [0.15, 0.2) is 184 Å². The highest BCUT2D eigenvalue weighted by atomic mass is 16.7. The first kappa shape index (κ1) is 61.4. The molecule has 83 heavy (non-hydrogen) atoms. The number of rotatable bonds is 19. The molecule has 0 amide bonds. The topological polar surface area (TPSA) is 265 Å². The van der Waals surface area contributed by atoms with Crippen molar-refractivity contribution in [3.63, 3.8) is 0 Å². The fourth-order valence-corrected chi connectivity index (χ4v) is 7.27. The summed E-state index contributed by atoms with van der Waals surface area (Å²) in [4.78, 5) is 70.0. The maximum Gasteiger partial charge on any atom is 0.343 e. The lowest BCUT2D eigenvalue weighted by Gasteiger charge is -2.12. The van der Waals surface area contributed by atoms with E-state index in [2.05, 4.69) is 19.7 Å². The zero-order chi connectivity index (χ0) is 59.7. The van der Waals surface area contributed by atoms with Crippen LogP contribution in [0.4, 0.5) is 0 Å². The highest BCUT2D eigenvalue weighted by Gasteiger charge is 2.17. The Bertz CT molecular complexity index is 3630. The van der Waals surface area contributed by atoms with E-state index in [9.17, 15) is 28.8 Å². The minimum atomic E-state index is -0.969. The van der Waals surface area contributed by atoms with Crippen LogP contribution in [0.25, 0.3) is 32.3 Å². The lowest BCUT2D eigenvalue weighted by atomic mass is 10.1. The lowest BCUT2D eigenvalue weighted by Crippen LogP contribution is -2.10. The third-order valence-corrected chi connectivity index (χ3v) is 11.5. The van der Waals surface area contributed by atoms with Crippen molar-refractivity contribution < 1.29 is 96.2 Å². The van der Waals surface area contributed by atoms with Gasteiger partial charge in [-0.3, -0.25) is 0 Å². The number of aromatic hydroxyl groups is 2. The largest absolute Gasteiger partial charge is 0.508 e. The molecule has 20 heteroatoms. The summed E-state index contributed by atoms with van der Waals surface area (Å²) in [6.07, 6.45) is 5.69. The van der Waals surface area contributed by atoms with Crippen LogP contribution < -0.4 is 33.2 Å². The standard InChI is InChI=1S/C37H28O11.C15H12O5.C7H8O3.C4H8O/c1-4-34(38)45-21-43-29-12-10-23-16-27(8-6-25(23)18-29)36(40)47-31-14-15-32(33(20-31)42-3)48-37(41)28-9-7-26-19-30(13-11-24(26)17-28)44-22-46-35(39)5-2;1-2-14(16)20-9-19-13-6-5-10-7-12(15(17)18)4-3-11(10)8-13;1-10-7-4-5(8)2-3-6(7)9;1-2-4-5-3-1/h4-20H,1-2,21-22H2,3H3;2-8H,1,9H2,(H,17,18);2-4,8-9H,1H3;1-4H2. The van der Waals surface area contributed by atoms with Crippen molar-refractivity contribution in [3.8, 4) is 51.7 Å². The summed E-state index contributed by atoms with van der Waals surface area (Å²) in [5.74, 6) is -1.59. The van der Waals surface area contributed by atoms with E-state index in [1.54, 1.807) is 103 Å². The van der Waals surface area contributed by atoms with Crippen molar-refractivity contribution in [2.45, 2.75) is 12.8 Å². The van der Waals surface area contributed by atoms with Crippen LogP contribution in [-0.2, 0) is 33.3 Å². The molecule has 20 nitrogen and oxygen atoms in total. The third-order valence-electron chi connectivity index (χ3n) is 11.5. The van der Waals surface area contributed by atoms with Gasteiger partial charge in [0.25, 0.3) is 0 Å². The molecule has 0 atom stereocenters. The zero-order valence-corrected chi connectivity index (χ0v) is 44.9. The first-order valence-corrected chi connectivity index (χ1v) is 25.0. The summed E-state index contributed by atoms with van der Waals surface area (Å²) >= 11 is 0. The van der Waals surface area contributed by atoms with Crippen LogP contribution in [0.1, 0.15) is 43.9 Å². The zero-order valence-electron chi connectivity index (χ0n) is 44.9. The predicted octanol–water partition coefficient (Wildman–Crippen LogP) is 11.1. The minimum Gasteiger partial charge on any atom is -0.508 e. The Labute approximate surface area is 475 Å². The SMILES string of the molecule is C1CCOC1.C=CC(=O)OCOc1ccc2cc(C(=O)O)ccc2c1.C=CC(=O)OCOc1ccc2cc(C(=O)Oc3ccc(OC(=O)c4ccc5cc(OCOC(=O)C=C)ccc5c4)c(OC)c3)ccc2c1.COc1cc(O)ccc1O. The second-order valence-corrected chi connectivity index (χ2v) is 17.0. The van der Waals surface area contributed by atoms with Gasteiger partial charge in [-0.05, 0) is 142 Å². The van der Waals surface area contributed by atoms with E-state index in [1.165, 1.54) is 69.5 Å². The van der Waals surface area contributed by atoms with Gasteiger partial charge in [-0.25, -0.2) is 28.8 Å². The Morgan fingerprint density at radius 3 is 1.24 bits per heavy atom. The summed E-state index contributed by atoms with van der Waals surface area (Å²) in [5.41, 5.74) is 0.822. The number of carboxylic acid groups (broad SMARTS) is 1. The number of aromatic carboxylic acids is 1. The molecule has 8 aromatic carbocycles. The second-order valence-electron chi connectivity index (χ2n) is 17.0. The quantitative estimate of drug-likeness (QED) is 0.0170. The maximum atomic E-state index is 13.0. The number of carbonyl (C=O) groups excluding carboxylic acids is 5. The average Bonchev–Trinajstić information content (AvgIpc) is 4.13. The van der Waals surface area contributed by atoms with Crippen LogP contribution >= 0.6 is 0 Å². The van der Waals surface area contributed by atoms with Crippen LogP contribution in [0.2, 0.25) is 0 Å². The highest BCUT2D eigenvalue weighted by molar-refractivity contribution is 5.98. The van der Waals surface area contributed by atoms with Crippen molar-refractivity contribution in [2.75, 3.05) is 47.8 Å². The molecule has 0 radical (unpaired) electrons. The van der Waals surface area contributed by atoms with E-state index in [0.29, 0.717) is 28.4 Å². The van der Waals surface area contributed by atoms with Crippen molar-refractivity contribution in [3.05, 3.63) is 200 Å². The van der Waals surface area contributed by atoms with Crippen molar-refractivity contribution >= 4 is 68.1 Å². The van der Waals surface area contributed by atoms with E-state index in [0.717, 1.165) is 63.8 Å². The van der Waals surface area contributed by atoms with Gasteiger partial charge in [-0.15, -0.1) is 0 Å². The summed E-state index contributed by atoms with van der Waals surface area (Å²) in [6.45, 7) is 11.2. The fraction of sp³-hybridized carbons (Fsp3) is 0.143. The molecule has 0 unspecified atom stereocenters. The molecular weight excluding hydrogens is 1080 g/mol. The first-order valence-electron chi connectivity index (χ1n) is 25.0. The minimum absolute atomic E-state index is 0.0281. The van der Waals surface area contributed by atoms with Gasteiger partial charge in [-0.2, -0.15) is 0 Å². The number of benzene rings is 8. The number of esters is 5. The van der Waals surface area contributed by atoms with E-state index < -0.39 is 35.8 Å². The van der Waals surface area contributed by atoms with Gasteiger partial charge in [-0.1, -0.05) is 56.1 Å². The molecule has 428 valence electrons. The summed E-state index contributed by atoms with van der Waals surface area (Å²) in [5, 5.41) is 31.5. The smallest absolute Gasteiger partial charge is 0.343 e. The van der Waals surface area contributed by atoms with Crippen LogP contribution in [-0.4, -0.2) is 98.9 Å². The predicted molar refractivity (Wildman–Crippen MR) is 303 cm³/mol. The molecule has 0 aromatic heterocycles. The van der Waals surface area contributed by atoms with Crippen molar-refractivity contribution in [1.82, 2.24) is 0 Å². The average molecular weight is 1130 g/mol. The second kappa shape index (κ2) is 31.1. The number of phenolic OH excluding ortho intramolecular Hbond substituents is 2. The van der Waals surface area contributed by atoms with Gasteiger partial charge >= 0.3 is 35.8 Å². The number of phenols is 2. The molecule has 3 N–H and O–H groups in total. The Morgan fingerprint density at radius 1 is 0.446 bits per heavy atom. The first-order chi connectivity index (χ1) is 40.1. The van der Waals surface area contributed by atoms with Crippen LogP contribution in [0, 0.1) is 0 Å². The Kier molecular flexibility index (Phi) is 23.0. The normalized spacial score (nSPS) is 11.0. The molecule has 0 bridgehead atoms. The Hall–Kier alpha value is -10.9. The molecule has 1 aliphatic heterocycles. The Morgan fingerprint density at radius 2 is 0.843 bits per heavy atom. The van der Waals surface area contributed by atoms with Crippen LogP contribution in [0.3, 0.4) is 0 Å². The van der Waals surface area contributed by atoms with Gasteiger partial charge in [0.15, 0.2) is 23.0 Å². The lowest BCUT2D eigenvalue weighted by molar-refractivity contribution is -0.145. The number of carboxylic acids is 1. The molecule has 1 aliphatic rings. The molecule has 0 spiro atoms. The van der Waals surface area contributed by atoms with Gasteiger partial charge < -0.3 is 67.4 Å². The number of ether oxygens (including phenoxy) is 11. The van der Waals surface area contributed by atoms with E-state index >= 15 is 0 Å². The molecule has 9 rings (SSSR count). The number of carbonyl (C=O) groups is 6. The fourth-order valence-electron chi connectivity index (χ4n) is 7.27. The van der Waals surface area contributed by atoms with Crippen molar-refractivity contribution in [2.24, 2.45) is 0 Å². The maximum absolute atomic E-state index is 13.0. The monoisotopic (exact) mass is 1130 g/mol. The van der Waals surface area contributed by atoms with Crippen molar-refractivity contribution in [1.29, 1.82) is 0 Å². The molecule has 8 aromatic rings. The third kappa shape index (κ3) is 18.9. The summed E-state index contributed by atoms with van der Waals surface area (Å²) in [7, 11) is 2.82. The molecule has 1 fully saturated rings. The molecule has 1 saturated heterocycles. The van der Waals surface area contributed by atoms with E-state index in [4.69, 9.17) is 67.4 Å². The van der Waals surface area contributed by atoms with E-state index in [1.807, 2.05) is 0 Å². The van der Waals surface area contributed by atoms with Gasteiger partial charge in [0.05, 0.1) is 30.9 Å². The van der Waals surface area contributed by atoms with Gasteiger partial charge in [0.1, 0.15) is 28.7 Å². The molecule has 1 heterocycles. The number of hydrogen-bond donors (Lipinski definition) is 3. The number of fused-ring (bicyclic) bond motifs is 3. The molecule has 0 saturated carbocycles. The number of hydrogen-bond acceptors (Lipinski definition) is 19. The number of methoxy groups -OCH3 is 2. The van der Waals surface area contributed by atoms with Gasteiger partial charge in [0.2, 0.25) is 20.4 Å². The molecule has 0 aliphatic carbocycles.